The van der Waals surface area contributed by atoms with E-state index in [1.54, 1.807) is 29.2 Å². The van der Waals surface area contributed by atoms with Crippen LogP contribution in [0, 0.1) is 0 Å². The zero-order valence-corrected chi connectivity index (χ0v) is 17.0. The van der Waals surface area contributed by atoms with Gasteiger partial charge in [-0.2, -0.15) is 0 Å². The van der Waals surface area contributed by atoms with Crippen LogP contribution in [0.4, 0.5) is 5.69 Å². The van der Waals surface area contributed by atoms with Gasteiger partial charge in [-0.25, -0.2) is 0 Å². The molecule has 2 aromatic rings. The number of hydrogen-bond donors (Lipinski definition) is 1. The van der Waals surface area contributed by atoms with Gasteiger partial charge < -0.3 is 19.7 Å². The largest absolute Gasteiger partial charge is 0.481 e. The molecule has 0 aliphatic carbocycles. The van der Waals surface area contributed by atoms with Crippen molar-refractivity contribution in [2.45, 2.75) is 32.8 Å². The van der Waals surface area contributed by atoms with Crippen LogP contribution in [0.15, 0.2) is 48.5 Å². The van der Waals surface area contributed by atoms with E-state index in [1.165, 1.54) is 5.56 Å². The van der Waals surface area contributed by atoms with Crippen LogP contribution in [0.5, 0.6) is 5.75 Å². The van der Waals surface area contributed by atoms with Gasteiger partial charge in [0.25, 0.3) is 11.8 Å². The summed E-state index contributed by atoms with van der Waals surface area (Å²) in [5, 5.41) is 2.88. The van der Waals surface area contributed by atoms with Gasteiger partial charge in [0.1, 0.15) is 5.75 Å². The van der Waals surface area contributed by atoms with Crippen LogP contribution in [0.1, 0.15) is 36.2 Å². The highest BCUT2D eigenvalue weighted by atomic mass is 16.5. The fourth-order valence-corrected chi connectivity index (χ4v) is 3.22. The quantitative estimate of drug-likeness (QED) is 0.778. The van der Waals surface area contributed by atoms with Gasteiger partial charge in [0.15, 0.2) is 6.10 Å². The number of benzene rings is 2. The molecule has 1 aliphatic heterocycles. The Morgan fingerprint density at radius 2 is 1.76 bits per heavy atom. The summed E-state index contributed by atoms with van der Waals surface area (Å²) in [5.41, 5.74) is 2.19. The van der Waals surface area contributed by atoms with E-state index in [2.05, 4.69) is 12.2 Å². The number of morpholine rings is 1. The number of aryl methyl sites for hydroxylation is 1. The van der Waals surface area contributed by atoms with Crippen LogP contribution in [0.2, 0.25) is 0 Å². The molecule has 1 atom stereocenters. The van der Waals surface area contributed by atoms with Gasteiger partial charge in [0.2, 0.25) is 0 Å². The maximum absolute atomic E-state index is 12.9. The van der Waals surface area contributed by atoms with E-state index >= 15 is 0 Å². The highest BCUT2D eigenvalue weighted by Crippen LogP contribution is 2.20. The molecule has 29 heavy (non-hydrogen) atoms. The summed E-state index contributed by atoms with van der Waals surface area (Å²) in [7, 11) is 0. The molecule has 1 N–H and O–H groups in total. The molecular formula is C23H28N2O4. The van der Waals surface area contributed by atoms with Crippen LogP contribution in [0.3, 0.4) is 0 Å². The number of anilines is 1. The standard InChI is InChI=1S/C23H28N2O4/c1-3-17-9-11-18(12-10-17)29-21(4-2)22(26)24-20-8-6-5-7-19(20)23(27)25-13-15-28-16-14-25/h5-12,21H,3-4,13-16H2,1-2H3,(H,24,26)/t21-/m1/s1. The molecule has 0 radical (unpaired) electrons. The minimum absolute atomic E-state index is 0.103. The molecule has 0 spiro atoms. The van der Waals surface area contributed by atoms with Crippen molar-refractivity contribution < 1.29 is 19.1 Å². The van der Waals surface area contributed by atoms with E-state index in [9.17, 15) is 9.59 Å². The second kappa shape index (κ2) is 10.1. The van der Waals surface area contributed by atoms with Gasteiger partial charge in [-0.05, 0) is 42.7 Å². The molecule has 6 heteroatoms. The van der Waals surface area contributed by atoms with E-state index in [1.807, 2.05) is 31.2 Å². The van der Waals surface area contributed by atoms with Crippen molar-refractivity contribution in [1.29, 1.82) is 0 Å². The van der Waals surface area contributed by atoms with Crippen LogP contribution < -0.4 is 10.1 Å². The lowest BCUT2D eigenvalue weighted by atomic mass is 10.1. The topological polar surface area (TPSA) is 67.9 Å². The zero-order chi connectivity index (χ0) is 20.6. The minimum Gasteiger partial charge on any atom is -0.481 e. The van der Waals surface area contributed by atoms with Crippen LogP contribution in [0.25, 0.3) is 0 Å². The lowest BCUT2D eigenvalue weighted by Crippen LogP contribution is -2.41. The second-order valence-electron chi connectivity index (χ2n) is 6.95. The van der Waals surface area contributed by atoms with Gasteiger partial charge >= 0.3 is 0 Å². The molecule has 6 nitrogen and oxygen atoms in total. The maximum Gasteiger partial charge on any atom is 0.265 e. The Morgan fingerprint density at radius 1 is 1.07 bits per heavy atom. The van der Waals surface area contributed by atoms with Crippen molar-refractivity contribution in [2.75, 3.05) is 31.6 Å². The molecule has 1 aliphatic rings. The van der Waals surface area contributed by atoms with Crippen LogP contribution in [-0.2, 0) is 16.0 Å². The third-order valence-corrected chi connectivity index (χ3v) is 4.99. The van der Waals surface area contributed by atoms with Crippen molar-refractivity contribution in [2.24, 2.45) is 0 Å². The normalized spacial score (nSPS) is 14.9. The number of hydrogen-bond acceptors (Lipinski definition) is 4. The molecule has 1 saturated heterocycles. The van der Waals surface area contributed by atoms with E-state index in [0.29, 0.717) is 49.7 Å². The summed E-state index contributed by atoms with van der Waals surface area (Å²) in [5.74, 6) is 0.282. The van der Waals surface area contributed by atoms with Crippen molar-refractivity contribution in [3.8, 4) is 5.75 Å². The van der Waals surface area contributed by atoms with E-state index in [4.69, 9.17) is 9.47 Å². The number of rotatable bonds is 7. The highest BCUT2D eigenvalue weighted by Gasteiger charge is 2.24. The van der Waals surface area contributed by atoms with E-state index < -0.39 is 6.10 Å². The number of nitrogens with zero attached hydrogens (tertiary/aromatic N) is 1. The Kier molecular flexibility index (Phi) is 7.25. The predicted molar refractivity (Wildman–Crippen MR) is 112 cm³/mol. The smallest absolute Gasteiger partial charge is 0.265 e. The fraction of sp³-hybridized carbons (Fsp3) is 0.391. The average Bonchev–Trinajstić information content (AvgIpc) is 2.78. The summed E-state index contributed by atoms with van der Waals surface area (Å²) in [6.07, 6.45) is 0.821. The molecule has 0 aromatic heterocycles. The van der Waals surface area contributed by atoms with Crippen molar-refractivity contribution in [3.63, 3.8) is 0 Å². The van der Waals surface area contributed by atoms with Crippen molar-refractivity contribution in [1.82, 2.24) is 4.90 Å². The molecule has 1 heterocycles. The molecule has 3 rings (SSSR count). The summed E-state index contributed by atoms with van der Waals surface area (Å²) in [6.45, 7) is 6.15. The molecular weight excluding hydrogens is 368 g/mol. The van der Waals surface area contributed by atoms with Crippen molar-refractivity contribution >= 4 is 17.5 Å². The lowest BCUT2D eigenvalue weighted by Gasteiger charge is -2.27. The Morgan fingerprint density at radius 3 is 2.41 bits per heavy atom. The highest BCUT2D eigenvalue weighted by molar-refractivity contribution is 6.04. The first kappa shape index (κ1) is 20.9. The Hall–Kier alpha value is -2.86. The van der Waals surface area contributed by atoms with Gasteiger partial charge in [0, 0.05) is 13.1 Å². The van der Waals surface area contributed by atoms with Gasteiger partial charge in [-0.15, -0.1) is 0 Å². The average molecular weight is 396 g/mol. The number of carbonyl (C=O) groups excluding carboxylic acids is 2. The van der Waals surface area contributed by atoms with Crippen LogP contribution in [-0.4, -0.2) is 49.1 Å². The van der Waals surface area contributed by atoms with Crippen LogP contribution >= 0.6 is 0 Å². The molecule has 0 bridgehead atoms. The van der Waals surface area contributed by atoms with E-state index in [-0.39, 0.29) is 11.8 Å². The third kappa shape index (κ3) is 5.35. The molecule has 154 valence electrons. The SMILES string of the molecule is CCc1ccc(O[C@H](CC)C(=O)Nc2ccccc2C(=O)N2CCOCC2)cc1. The fourth-order valence-electron chi connectivity index (χ4n) is 3.22. The Bertz CT molecular complexity index is 829. The molecule has 1 fully saturated rings. The maximum atomic E-state index is 12.9. The number of amides is 2. The number of carbonyl (C=O) groups is 2. The second-order valence-corrected chi connectivity index (χ2v) is 6.95. The summed E-state index contributed by atoms with van der Waals surface area (Å²) in [4.78, 5) is 27.5. The van der Waals surface area contributed by atoms with Crippen molar-refractivity contribution in [3.05, 3.63) is 59.7 Å². The molecule has 2 amide bonds. The number of ether oxygens (including phenoxy) is 2. The first-order valence-corrected chi connectivity index (χ1v) is 10.1. The molecule has 0 unspecified atom stereocenters. The Balaban J connectivity index is 1.70. The number of nitrogens with one attached hydrogen (secondary N) is 1. The first-order valence-electron chi connectivity index (χ1n) is 10.1. The third-order valence-electron chi connectivity index (χ3n) is 4.99. The zero-order valence-electron chi connectivity index (χ0n) is 17.0. The Labute approximate surface area is 171 Å². The monoisotopic (exact) mass is 396 g/mol. The van der Waals surface area contributed by atoms with Gasteiger partial charge in [-0.1, -0.05) is 38.1 Å². The van der Waals surface area contributed by atoms with Gasteiger partial charge in [-0.3, -0.25) is 9.59 Å². The number of para-hydroxylation sites is 1. The van der Waals surface area contributed by atoms with Gasteiger partial charge in [0.05, 0.1) is 24.5 Å². The predicted octanol–water partition coefficient (Wildman–Crippen LogP) is 3.52. The summed E-state index contributed by atoms with van der Waals surface area (Å²) < 4.78 is 11.2. The molecule has 2 aromatic carbocycles. The molecule has 0 saturated carbocycles. The summed E-state index contributed by atoms with van der Waals surface area (Å²) in [6, 6.07) is 14.8. The minimum atomic E-state index is -0.644. The van der Waals surface area contributed by atoms with E-state index in [0.717, 1.165) is 6.42 Å². The lowest BCUT2D eigenvalue weighted by molar-refractivity contribution is -0.122. The summed E-state index contributed by atoms with van der Waals surface area (Å²) >= 11 is 0. The first-order chi connectivity index (χ1) is 14.1.